The van der Waals surface area contributed by atoms with E-state index in [0.29, 0.717) is 35.4 Å². The number of methoxy groups -OCH3 is 2. The van der Waals surface area contributed by atoms with Gasteiger partial charge in [-0.2, -0.15) is 52.7 Å². The van der Waals surface area contributed by atoms with Gasteiger partial charge in [0.15, 0.2) is 0 Å². The zero-order valence-electron chi connectivity index (χ0n) is 39.3. The Hall–Kier alpha value is -5.22. The minimum absolute atomic E-state index is 0. The van der Waals surface area contributed by atoms with Gasteiger partial charge in [0.1, 0.15) is 30.6 Å². The van der Waals surface area contributed by atoms with Crippen molar-refractivity contribution in [3.05, 3.63) is 141 Å². The summed E-state index contributed by atoms with van der Waals surface area (Å²) in [6.07, 6.45) is -20.9. The number of hydrogen-bond acceptors (Lipinski definition) is 2. The molecule has 6 aromatic rings. The van der Waals surface area contributed by atoms with Crippen LogP contribution in [0.1, 0.15) is 105 Å². The van der Waals surface area contributed by atoms with Crippen molar-refractivity contribution in [1.82, 2.24) is 0 Å². The molecular formula is C53H50BrF12NO2. The monoisotopic (exact) mass is 1040 g/mol. The van der Waals surface area contributed by atoms with E-state index in [1.807, 2.05) is 49.4 Å². The Bertz CT molecular complexity index is 2710. The van der Waals surface area contributed by atoms with E-state index in [1.165, 1.54) is 14.2 Å². The molecule has 7 rings (SSSR count). The molecule has 0 radical (unpaired) electrons. The Balaban J connectivity index is 0.00000782. The van der Waals surface area contributed by atoms with Gasteiger partial charge in [-0.3, -0.25) is 0 Å². The van der Waals surface area contributed by atoms with E-state index in [-0.39, 0.29) is 91.6 Å². The van der Waals surface area contributed by atoms with E-state index in [2.05, 4.69) is 0 Å². The van der Waals surface area contributed by atoms with Crippen LogP contribution in [0, 0.1) is 0 Å². The highest BCUT2D eigenvalue weighted by Crippen LogP contribution is 2.56. The van der Waals surface area contributed by atoms with Crippen molar-refractivity contribution in [3.63, 3.8) is 0 Å². The molecule has 69 heavy (non-hydrogen) atoms. The minimum atomic E-state index is -5.23. The van der Waals surface area contributed by atoms with E-state index in [1.54, 1.807) is 60.7 Å². The molecule has 1 aliphatic rings. The van der Waals surface area contributed by atoms with Gasteiger partial charge in [0.05, 0.1) is 43.5 Å². The fourth-order valence-corrected chi connectivity index (χ4v) is 9.57. The molecule has 0 N–H and O–H groups in total. The van der Waals surface area contributed by atoms with Gasteiger partial charge in [-0.25, -0.2) is 0 Å². The van der Waals surface area contributed by atoms with E-state index >= 15 is 0 Å². The quantitative estimate of drug-likeness (QED) is 0.122. The third-order valence-electron chi connectivity index (χ3n) is 13.1. The van der Waals surface area contributed by atoms with Crippen LogP contribution in [0.15, 0.2) is 91.0 Å². The van der Waals surface area contributed by atoms with Gasteiger partial charge in [0.25, 0.3) is 0 Å². The fourth-order valence-electron chi connectivity index (χ4n) is 9.57. The highest BCUT2D eigenvalue weighted by Gasteiger charge is 2.45. The summed E-state index contributed by atoms with van der Waals surface area (Å²) in [4.78, 5) is 0. The van der Waals surface area contributed by atoms with E-state index in [9.17, 15) is 52.7 Å². The molecule has 0 spiro atoms. The van der Waals surface area contributed by atoms with Crippen molar-refractivity contribution >= 4 is 10.8 Å². The van der Waals surface area contributed by atoms with Gasteiger partial charge >= 0.3 is 24.7 Å². The summed E-state index contributed by atoms with van der Waals surface area (Å²) in [7, 11) is 4.33. The first-order valence-electron chi connectivity index (χ1n) is 21.6. The molecule has 6 aromatic carbocycles. The third kappa shape index (κ3) is 10.1. The van der Waals surface area contributed by atoms with Crippen LogP contribution in [0.5, 0.6) is 11.5 Å². The van der Waals surface area contributed by atoms with Crippen molar-refractivity contribution in [2.75, 3.05) is 21.3 Å². The number of alkyl halides is 12. The molecule has 0 unspecified atom stereocenters. The molecule has 1 heterocycles. The molecule has 370 valence electrons. The first-order chi connectivity index (χ1) is 31.2. The normalized spacial score (nSPS) is 14.9. The van der Waals surface area contributed by atoms with Crippen LogP contribution in [-0.2, 0) is 48.6 Å². The second-order valence-electron chi connectivity index (χ2n) is 19.8. The molecule has 0 amide bonds. The first-order valence-corrected chi connectivity index (χ1v) is 21.6. The molecule has 0 saturated carbocycles. The molecule has 16 heteroatoms. The van der Waals surface area contributed by atoms with E-state index < -0.39 is 75.0 Å². The molecule has 3 nitrogen and oxygen atoms in total. The number of hydrogen-bond donors (Lipinski definition) is 0. The smallest absolute Gasteiger partial charge is 0.416 e. The van der Waals surface area contributed by atoms with E-state index in [4.69, 9.17) is 9.47 Å². The number of halogens is 13. The van der Waals surface area contributed by atoms with Crippen LogP contribution in [0.4, 0.5) is 52.7 Å². The van der Waals surface area contributed by atoms with Gasteiger partial charge in [0, 0.05) is 38.9 Å². The third-order valence-corrected chi connectivity index (χ3v) is 13.1. The Labute approximate surface area is 403 Å². The van der Waals surface area contributed by atoms with Crippen molar-refractivity contribution < 1.29 is 83.6 Å². The van der Waals surface area contributed by atoms with Crippen LogP contribution in [0.2, 0.25) is 0 Å². The average molecular weight is 1040 g/mol. The number of fused-ring (bicyclic) bond motifs is 4. The number of rotatable bonds is 6. The molecular weight excluding hydrogens is 990 g/mol. The first kappa shape index (κ1) is 53.1. The maximum atomic E-state index is 14.7. The Kier molecular flexibility index (Phi) is 13.8. The number of benzene rings is 6. The second kappa shape index (κ2) is 17.9. The largest absolute Gasteiger partial charge is 1.00 e. The fraction of sp³-hybridized carbons (Fsp3) is 0.358. The standard InChI is InChI=1S/C53H50F12NO2.BrH/c1-28(36-17-13-15-29-14-11-12-16-37(29)36)66(8)26-40-38(24-42(48(2,3)4)46(67-9)44(40)30-18-32(50(54,55)56)22-33(19-30)51(57,58)59)39-25-43(49(5,6)7)47(68-10)45(41(39)27-66)31-20-34(52(60,61)62)23-35(21-31)53(63,64)65;/h11-25,28H,26-27H2,1-10H3;1H/q+1;/p-1/t28-;/m1./s1. The van der Waals surface area contributed by atoms with Crippen molar-refractivity contribution in [3.8, 4) is 44.9 Å². The van der Waals surface area contributed by atoms with Crippen LogP contribution >= 0.6 is 0 Å². The van der Waals surface area contributed by atoms with Crippen molar-refractivity contribution in [1.29, 1.82) is 0 Å². The Morgan fingerprint density at radius 3 is 1.17 bits per heavy atom. The minimum Gasteiger partial charge on any atom is -1.00 e. The molecule has 1 aliphatic heterocycles. The molecule has 0 aliphatic carbocycles. The number of ether oxygens (including phenoxy) is 2. The lowest BCUT2D eigenvalue weighted by Gasteiger charge is -2.41. The summed E-state index contributed by atoms with van der Waals surface area (Å²) in [6, 6.07) is 18.6. The Morgan fingerprint density at radius 1 is 0.493 bits per heavy atom. The Morgan fingerprint density at radius 2 is 0.841 bits per heavy atom. The lowest BCUT2D eigenvalue weighted by molar-refractivity contribution is -0.962. The van der Waals surface area contributed by atoms with Crippen molar-refractivity contribution in [2.45, 2.75) is 103 Å². The predicted molar refractivity (Wildman–Crippen MR) is 239 cm³/mol. The average Bonchev–Trinajstić information content (AvgIpc) is 3.35. The van der Waals surface area contributed by atoms with Gasteiger partial charge in [0.2, 0.25) is 0 Å². The number of nitrogens with zero attached hydrogens (tertiary/aromatic N) is 1. The van der Waals surface area contributed by atoms with Gasteiger partial charge in [-0.05, 0) is 99.3 Å². The summed E-state index contributed by atoms with van der Waals surface area (Å²) < 4.78 is 189. The highest BCUT2D eigenvalue weighted by molar-refractivity contribution is 5.92. The summed E-state index contributed by atoms with van der Waals surface area (Å²) in [5.41, 5.74) is -6.65. The number of quaternary nitrogens is 1. The van der Waals surface area contributed by atoms with Gasteiger partial charge < -0.3 is 30.9 Å². The summed E-state index contributed by atoms with van der Waals surface area (Å²) in [5.74, 6) is -0.0111. The summed E-state index contributed by atoms with van der Waals surface area (Å²) >= 11 is 0. The zero-order valence-corrected chi connectivity index (χ0v) is 40.9. The predicted octanol–water partition coefficient (Wildman–Crippen LogP) is 13.8. The zero-order chi connectivity index (χ0) is 50.5. The maximum Gasteiger partial charge on any atom is 0.416 e. The SMILES string of the molecule is COc1c(C(C)(C)C)cc2c(c1-c1cc(C(F)(F)F)cc(C(F)(F)F)c1)C[N+](C)([C@H](C)c1cccc3ccccc13)Cc1c-2cc(C(C)(C)C)c(OC)c1-c1cc(C(F)(F)F)cc(C(F)(F)F)c1.[Br-]. The van der Waals surface area contributed by atoms with Crippen LogP contribution in [0.25, 0.3) is 44.2 Å². The lowest BCUT2D eigenvalue weighted by Crippen LogP contribution is -3.00. The van der Waals surface area contributed by atoms with Crippen LogP contribution < -0.4 is 26.5 Å². The molecule has 0 fully saturated rings. The summed E-state index contributed by atoms with van der Waals surface area (Å²) in [5, 5.41) is 1.66. The second-order valence-corrected chi connectivity index (χ2v) is 19.8. The highest BCUT2D eigenvalue weighted by atomic mass is 79.9. The topological polar surface area (TPSA) is 18.5 Å². The molecule has 0 aromatic heterocycles. The maximum absolute atomic E-state index is 14.7. The van der Waals surface area contributed by atoms with Gasteiger partial charge in [-0.15, -0.1) is 0 Å². The van der Waals surface area contributed by atoms with Gasteiger partial charge in [-0.1, -0.05) is 84.0 Å². The van der Waals surface area contributed by atoms with Crippen molar-refractivity contribution in [2.24, 2.45) is 0 Å². The summed E-state index contributed by atoms with van der Waals surface area (Å²) in [6.45, 7) is 12.3. The lowest BCUT2D eigenvalue weighted by atomic mass is 9.76. The van der Waals surface area contributed by atoms with Crippen LogP contribution in [0.3, 0.4) is 0 Å². The molecule has 1 atom stereocenters. The molecule has 0 saturated heterocycles. The van der Waals surface area contributed by atoms with Crippen LogP contribution in [-0.4, -0.2) is 25.8 Å². The van der Waals surface area contributed by atoms with E-state index in [0.717, 1.165) is 16.3 Å². The molecule has 0 bridgehead atoms.